The van der Waals surface area contributed by atoms with Crippen molar-refractivity contribution in [2.75, 3.05) is 26.2 Å². The second-order valence-electron chi connectivity index (χ2n) is 7.25. The maximum atomic E-state index is 13.8. The van der Waals surface area contributed by atoms with Crippen molar-refractivity contribution >= 4 is 11.8 Å². The van der Waals surface area contributed by atoms with Crippen LogP contribution in [0.2, 0.25) is 0 Å². The molecule has 166 valence electrons. The Morgan fingerprint density at radius 3 is 2.26 bits per heavy atom. The normalized spacial score (nSPS) is 15.7. The van der Waals surface area contributed by atoms with E-state index in [1.807, 2.05) is 0 Å². The van der Waals surface area contributed by atoms with Gasteiger partial charge in [0.2, 0.25) is 5.91 Å². The summed E-state index contributed by atoms with van der Waals surface area (Å²) in [6, 6.07) is 6.17. The Balaban J connectivity index is 1.58. The highest BCUT2D eigenvalue weighted by Crippen LogP contribution is 2.29. The van der Waals surface area contributed by atoms with Crippen LogP contribution < -0.4 is 5.73 Å². The molecule has 1 unspecified atom stereocenters. The van der Waals surface area contributed by atoms with E-state index in [1.54, 1.807) is 0 Å². The summed E-state index contributed by atoms with van der Waals surface area (Å²) < 4.78 is 65.7. The topological polar surface area (TPSA) is 66.6 Å². The lowest BCUT2D eigenvalue weighted by Gasteiger charge is -2.36. The predicted octanol–water partition coefficient (Wildman–Crippen LogP) is 2.84. The van der Waals surface area contributed by atoms with Gasteiger partial charge < -0.3 is 15.5 Å². The van der Waals surface area contributed by atoms with Crippen LogP contribution in [0.1, 0.15) is 21.5 Å². The molecule has 0 radical (unpaired) electrons. The molecule has 1 saturated heterocycles. The Morgan fingerprint density at radius 1 is 0.968 bits per heavy atom. The molecule has 31 heavy (non-hydrogen) atoms. The second kappa shape index (κ2) is 9.01. The fraction of sp³-hybridized carbons (Fsp3) is 0.333. The summed E-state index contributed by atoms with van der Waals surface area (Å²) >= 11 is 0. The molecular formula is C21H20F5N3O2. The lowest BCUT2D eigenvalue weighted by Crippen LogP contribution is -2.54. The van der Waals surface area contributed by atoms with Gasteiger partial charge in [0.05, 0.1) is 17.2 Å². The highest BCUT2D eigenvalue weighted by molar-refractivity contribution is 5.94. The lowest BCUT2D eigenvalue weighted by atomic mass is 10.0. The van der Waals surface area contributed by atoms with E-state index in [2.05, 4.69) is 0 Å². The number of nitrogens with zero attached hydrogens (tertiary/aromatic N) is 2. The summed E-state index contributed by atoms with van der Waals surface area (Å²) in [5.74, 6) is -2.72. The first-order chi connectivity index (χ1) is 14.6. The molecular weight excluding hydrogens is 421 g/mol. The number of alkyl halides is 3. The minimum absolute atomic E-state index is 0.0730. The second-order valence-corrected chi connectivity index (χ2v) is 7.25. The Hall–Kier alpha value is -3.01. The average Bonchev–Trinajstić information content (AvgIpc) is 2.74. The monoisotopic (exact) mass is 441 g/mol. The van der Waals surface area contributed by atoms with E-state index in [1.165, 1.54) is 21.9 Å². The van der Waals surface area contributed by atoms with Gasteiger partial charge in [-0.1, -0.05) is 18.2 Å². The van der Waals surface area contributed by atoms with Gasteiger partial charge in [0.25, 0.3) is 5.91 Å². The number of benzene rings is 2. The molecule has 1 heterocycles. The first-order valence-corrected chi connectivity index (χ1v) is 9.51. The van der Waals surface area contributed by atoms with Gasteiger partial charge in [0, 0.05) is 26.2 Å². The van der Waals surface area contributed by atoms with Crippen LogP contribution in [0, 0.1) is 11.6 Å². The summed E-state index contributed by atoms with van der Waals surface area (Å²) in [7, 11) is 0. The molecule has 1 aliphatic rings. The smallest absolute Gasteiger partial charge is 0.338 e. The Bertz CT molecular complexity index is 972. The third kappa shape index (κ3) is 5.38. The van der Waals surface area contributed by atoms with Crippen LogP contribution in [-0.4, -0.2) is 53.8 Å². The molecule has 1 atom stereocenters. The molecule has 0 spiro atoms. The van der Waals surface area contributed by atoms with Crippen LogP contribution in [0.5, 0.6) is 0 Å². The standard InChI is InChI=1S/C21H20F5N3O2/c22-15-4-5-17(23)16(12-15)19(30)28-6-8-29(9-7-28)20(31)18(27)11-13-2-1-3-14(10-13)21(24,25)26/h1-5,10,12,18H,6-9,11,27H2. The fourth-order valence-corrected chi connectivity index (χ4v) is 3.41. The quantitative estimate of drug-likeness (QED) is 0.743. The minimum atomic E-state index is -4.49. The van der Waals surface area contributed by atoms with Crippen LogP contribution >= 0.6 is 0 Å². The fourth-order valence-electron chi connectivity index (χ4n) is 3.41. The van der Waals surface area contributed by atoms with Crippen molar-refractivity contribution in [3.63, 3.8) is 0 Å². The summed E-state index contributed by atoms with van der Waals surface area (Å²) in [4.78, 5) is 27.7. The highest BCUT2D eigenvalue weighted by Gasteiger charge is 2.32. The maximum Gasteiger partial charge on any atom is 0.416 e. The van der Waals surface area contributed by atoms with Gasteiger partial charge in [-0.05, 0) is 36.2 Å². The number of piperazine rings is 1. The van der Waals surface area contributed by atoms with Crippen LogP contribution in [-0.2, 0) is 17.4 Å². The van der Waals surface area contributed by atoms with Crippen molar-refractivity contribution in [2.24, 2.45) is 5.73 Å². The molecule has 3 rings (SSSR count). The lowest BCUT2D eigenvalue weighted by molar-refractivity contribution is -0.137. The van der Waals surface area contributed by atoms with Crippen molar-refractivity contribution in [1.29, 1.82) is 0 Å². The molecule has 1 fully saturated rings. The molecule has 5 nitrogen and oxygen atoms in total. The number of carbonyl (C=O) groups excluding carboxylic acids is 2. The van der Waals surface area contributed by atoms with Crippen LogP contribution in [0.4, 0.5) is 22.0 Å². The van der Waals surface area contributed by atoms with Gasteiger partial charge in [-0.15, -0.1) is 0 Å². The van der Waals surface area contributed by atoms with Crippen LogP contribution in [0.15, 0.2) is 42.5 Å². The van der Waals surface area contributed by atoms with E-state index in [4.69, 9.17) is 5.73 Å². The zero-order valence-corrected chi connectivity index (χ0v) is 16.3. The largest absolute Gasteiger partial charge is 0.416 e. The van der Waals surface area contributed by atoms with Gasteiger partial charge in [0.1, 0.15) is 11.6 Å². The Labute approximate surface area is 175 Å². The van der Waals surface area contributed by atoms with E-state index in [0.29, 0.717) is 0 Å². The van der Waals surface area contributed by atoms with Gasteiger partial charge in [-0.25, -0.2) is 8.78 Å². The van der Waals surface area contributed by atoms with Crippen molar-refractivity contribution < 1.29 is 31.5 Å². The van der Waals surface area contributed by atoms with Crippen molar-refractivity contribution in [1.82, 2.24) is 9.80 Å². The molecule has 2 N–H and O–H groups in total. The number of nitrogens with two attached hydrogens (primary N) is 1. The van der Waals surface area contributed by atoms with Crippen molar-refractivity contribution in [3.8, 4) is 0 Å². The van der Waals surface area contributed by atoms with Crippen molar-refractivity contribution in [2.45, 2.75) is 18.6 Å². The molecule has 0 bridgehead atoms. The molecule has 2 amide bonds. The molecule has 2 aromatic carbocycles. The number of carbonyl (C=O) groups is 2. The number of halogens is 5. The summed E-state index contributed by atoms with van der Waals surface area (Å²) in [6.07, 6.45) is -4.56. The van der Waals surface area contributed by atoms with E-state index in [9.17, 15) is 31.5 Å². The number of amides is 2. The highest BCUT2D eigenvalue weighted by atomic mass is 19.4. The van der Waals surface area contributed by atoms with Gasteiger partial charge in [-0.3, -0.25) is 9.59 Å². The third-order valence-electron chi connectivity index (χ3n) is 5.06. The zero-order valence-electron chi connectivity index (χ0n) is 16.3. The zero-order chi connectivity index (χ0) is 22.8. The number of hydrogen-bond donors (Lipinski definition) is 1. The maximum absolute atomic E-state index is 13.8. The molecule has 0 aliphatic carbocycles. The van der Waals surface area contributed by atoms with Crippen LogP contribution in [0.3, 0.4) is 0 Å². The SMILES string of the molecule is NC(Cc1cccc(C(F)(F)F)c1)C(=O)N1CCN(C(=O)c2cc(F)ccc2F)CC1. The Kier molecular flexibility index (Phi) is 6.59. The number of hydrogen-bond acceptors (Lipinski definition) is 3. The van der Waals surface area contributed by atoms with E-state index in [0.717, 1.165) is 30.3 Å². The van der Waals surface area contributed by atoms with Gasteiger partial charge >= 0.3 is 6.18 Å². The van der Waals surface area contributed by atoms with Crippen LogP contribution in [0.25, 0.3) is 0 Å². The van der Waals surface area contributed by atoms with Gasteiger partial charge in [-0.2, -0.15) is 13.2 Å². The average molecular weight is 441 g/mol. The third-order valence-corrected chi connectivity index (χ3v) is 5.06. The molecule has 10 heteroatoms. The molecule has 1 aliphatic heterocycles. The van der Waals surface area contributed by atoms with E-state index in [-0.39, 0.29) is 43.7 Å². The minimum Gasteiger partial charge on any atom is -0.338 e. The first-order valence-electron chi connectivity index (χ1n) is 9.51. The molecule has 0 saturated carbocycles. The summed E-state index contributed by atoms with van der Waals surface area (Å²) in [6.45, 7) is 0.434. The molecule has 0 aromatic heterocycles. The van der Waals surface area contributed by atoms with Gasteiger partial charge in [0.15, 0.2) is 0 Å². The summed E-state index contributed by atoms with van der Waals surface area (Å²) in [5, 5.41) is 0. The van der Waals surface area contributed by atoms with E-state index < -0.39 is 41.2 Å². The van der Waals surface area contributed by atoms with Crippen molar-refractivity contribution in [3.05, 3.63) is 70.8 Å². The molecule has 2 aromatic rings. The Morgan fingerprint density at radius 2 is 1.61 bits per heavy atom. The number of rotatable bonds is 4. The first kappa shape index (κ1) is 22.7. The summed E-state index contributed by atoms with van der Waals surface area (Å²) in [5.41, 5.74) is 4.99. The predicted molar refractivity (Wildman–Crippen MR) is 102 cm³/mol. The van der Waals surface area contributed by atoms with E-state index >= 15 is 0 Å².